The third-order valence-electron chi connectivity index (χ3n) is 5.07. The summed E-state index contributed by atoms with van der Waals surface area (Å²) in [5.74, 6) is -5.60. The normalized spacial score (nSPS) is 15.3. The van der Waals surface area contributed by atoms with Crippen LogP contribution in [-0.4, -0.2) is 43.0 Å². The maximum Gasteiger partial charge on any atom is 0.495 e. The van der Waals surface area contributed by atoms with E-state index in [-0.39, 0.29) is 35.3 Å². The average molecular weight is 475 g/mol. The van der Waals surface area contributed by atoms with E-state index in [0.717, 1.165) is 12.1 Å². The summed E-state index contributed by atoms with van der Waals surface area (Å²) in [6, 6.07) is 10.2. The molecule has 0 aliphatic carbocycles. The largest absolute Gasteiger partial charge is 0.495 e. The number of hydrogen-bond acceptors (Lipinski definition) is 5. The predicted molar refractivity (Wildman–Crippen MR) is 100 cm³/mol. The Morgan fingerprint density at radius 3 is 2.00 bits per heavy atom. The Morgan fingerprint density at radius 2 is 1.45 bits per heavy atom. The first-order chi connectivity index (χ1) is 15.4. The number of aromatic nitrogens is 1. The van der Waals surface area contributed by atoms with Gasteiger partial charge in [0, 0.05) is 17.5 Å². The Hall–Kier alpha value is -3.44. The fraction of sp³-hybridized carbons (Fsp3) is 0.333. The third-order valence-corrected chi connectivity index (χ3v) is 5.07. The van der Waals surface area contributed by atoms with E-state index in [4.69, 9.17) is 0 Å². The first-order valence-corrected chi connectivity index (χ1v) is 9.69. The first kappa shape index (κ1) is 24.2. The zero-order valence-corrected chi connectivity index (χ0v) is 16.8. The Balaban J connectivity index is 1.83. The molecule has 0 bridgehead atoms. The number of Topliss-reactive ketones (excluding diaryl/α,β-unsaturated/α-hetero) is 2. The van der Waals surface area contributed by atoms with Crippen molar-refractivity contribution in [3.8, 4) is 0 Å². The number of alkyl halides is 6. The van der Waals surface area contributed by atoms with Crippen molar-refractivity contribution >= 4 is 23.4 Å². The van der Waals surface area contributed by atoms with Crippen LogP contribution in [0.2, 0.25) is 0 Å². The number of carbonyl (C=O) groups is 3. The molecule has 0 atom stereocenters. The lowest BCUT2D eigenvalue weighted by atomic mass is 9.89. The number of ketones is 2. The highest BCUT2D eigenvalue weighted by Gasteiger charge is 2.45. The van der Waals surface area contributed by atoms with Crippen molar-refractivity contribution in [1.29, 1.82) is 0 Å². The summed E-state index contributed by atoms with van der Waals surface area (Å²) >= 11 is 0. The van der Waals surface area contributed by atoms with Crippen molar-refractivity contribution in [2.45, 2.75) is 25.2 Å². The zero-order chi connectivity index (χ0) is 24.4. The summed E-state index contributed by atoms with van der Waals surface area (Å²) < 4.78 is 76.5. The Bertz CT molecular complexity index is 1040. The number of hydrogen-bond donors (Lipinski definition) is 0. The van der Waals surface area contributed by atoms with Gasteiger partial charge in [0.25, 0.3) is 5.78 Å². The highest BCUT2D eigenvalue weighted by Crippen LogP contribution is 2.26. The summed E-state index contributed by atoms with van der Waals surface area (Å²) in [7, 11) is 0. The molecule has 1 saturated heterocycles. The van der Waals surface area contributed by atoms with Crippen LogP contribution in [0.3, 0.4) is 0 Å². The number of halogens is 6. The fourth-order valence-electron chi connectivity index (χ4n) is 3.44. The van der Waals surface area contributed by atoms with Gasteiger partial charge < -0.3 is 0 Å². The van der Waals surface area contributed by atoms with Gasteiger partial charge in [-0.1, -0.05) is 30.3 Å². The quantitative estimate of drug-likeness (QED) is 0.377. The predicted octanol–water partition coefficient (Wildman–Crippen LogP) is 3.34. The molecule has 12 heteroatoms. The summed E-state index contributed by atoms with van der Waals surface area (Å²) in [6.07, 6.45) is -9.68. The minimum Gasteiger partial charge on any atom is -0.294 e. The molecule has 1 aliphatic heterocycles. The third kappa shape index (κ3) is 5.68. The van der Waals surface area contributed by atoms with Crippen molar-refractivity contribution in [2.75, 3.05) is 18.0 Å². The van der Waals surface area contributed by atoms with E-state index in [9.17, 15) is 40.7 Å². The van der Waals surface area contributed by atoms with Gasteiger partial charge in [-0.25, -0.2) is 9.63 Å². The highest BCUT2D eigenvalue weighted by atomic mass is 19.4. The van der Waals surface area contributed by atoms with Crippen molar-refractivity contribution in [2.24, 2.45) is 5.92 Å². The van der Waals surface area contributed by atoms with Crippen molar-refractivity contribution in [3.05, 3.63) is 59.8 Å². The van der Waals surface area contributed by atoms with E-state index >= 15 is 0 Å². The van der Waals surface area contributed by atoms with Crippen LogP contribution < -0.4 is 14.5 Å². The van der Waals surface area contributed by atoms with E-state index in [0.29, 0.717) is 24.6 Å². The molecule has 176 valence electrons. The van der Waals surface area contributed by atoms with Crippen LogP contribution in [0.5, 0.6) is 0 Å². The zero-order valence-electron chi connectivity index (χ0n) is 16.8. The van der Waals surface area contributed by atoms with Gasteiger partial charge in [0.15, 0.2) is 5.78 Å². The van der Waals surface area contributed by atoms with Gasteiger partial charge in [0.1, 0.15) is 6.20 Å². The summed E-state index contributed by atoms with van der Waals surface area (Å²) in [5.41, 5.74) is -0.490. The second kappa shape index (κ2) is 9.20. The van der Waals surface area contributed by atoms with Crippen LogP contribution in [0.1, 0.15) is 33.6 Å². The molecule has 0 spiro atoms. The SMILES string of the molecule is O=C(c1ccccc1)C1CCN(c2ccc(C(=O)C(F)(F)F)c[n+]2OC(=O)C(F)(F)F)CC1. The number of pyridine rings is 1. The molecule has 33 heavy (non-hydrogen) atoms. The monoisotopic (exact) mass is 475 g/mol. The number of nitrogens with zero attached hydrogens (tertiary/aromatic N) is 2. The van der Waals surface area contributed by atoms with E-state index in [1.54, 1.807) is 30.3 Å². The Morgan fingerprint density at radius 1 is 0.848 bits per heavy atom. The lowest BCUT2D eigenvalue weighted by molar-refractivity contribution is -0.860. The summed E-state index contributed by atoms with van der Waals surface area (Å²) in [4.78, 5) is 41.1. The molecule has 6 nitrogen and oxygen atoms in total. The van der Waals surface area contributed by atoms with Gasteiger partial charge >= 0.3 is 24.1 Å². The number of carbonyl (C=O) groups excluding carboxylic acids is 3. The van der Waals surface area contributed by atoms with Crippen molar-refractivity contribution < 1.29 is 50.3 Å². The highest BCUT2D eigenvalue weighted by molar-refractivity contribution is 6.00. The smallest absolute Gasteiger partial charge is 0.294 e. The van der Waals surface area contributed by atoms with Crippen LogP contribution in [0, 0.1) is 5.92 Å². The molecule has 0 N–H and O–H groups in total. The Kier molecular flexibility index (Phi) is 6.75. The van der Waals surface area contributed by atoms with E-state index in [2.05, 4.69) is 4.84 Å². The van der Waals surface area contributed by atoms with Crippen LogP contribution in [0.15, 0.2) is 48.7 Å². The molecule has 0 amide bonds. The van der Waals surface area contributed by atoms with Gasteiger partial charge in [-0.05, 0) is 23.6 Å². The minimum absolute atomic E-state index is 0.0993. The number of rotatable bonds is 5. The van der Waals surface area contributed by atoms with Crippen molar-refractivity contribution in [1.82, 2.24) is 0 Å². The topological polar surface area (TPSA) is 67.6 Å². The van der Waals surface area contributed by atoms with Crippen LogP contribution in [0.25, 0.3) is 0 Å². The molecule has 2 heterocycles. The summed E-state index contributed by atoms with van der Waals surface area (Å²) in [6.45, 7) is 0.304. The molecule has 3 rings (SSSR count). The van der Waals surface area contributed by atoms with Crippen LogP contribution >= 0.6 is 0 Å². The maximum absolute atomic E-state index is 12.7. The van der Waals surface area contributed by atoms with E-state index in [1.807, 2.05) is 0 Å². The average Bonchev–Trinajstić information content (AvgIpc) is 2.77. The van der Waals surface area contributed by atoms with Crippen molar-refractivity contribution in [3.63, 3.8) is 0 Å². The van der Waals surface area contributed by atoms with Gasteiger partial charge in [0.05, 0.1) is 18.7 Å². The van der Waals surface area contributed by atoms with Gasteiger partial charge in [0.2, 0.25) is 0 Å². The lowest BCUT2D eigenvalue weighted by Crippen LogP contribution is -2.55. The Labute approximate surface area is 183 Å². The van der Waals surface area contributed by atoms with E-state index < -0.39 is 29.7 Å². The molecule has 1 aromatic carbocycles. The molecular formula is C21H17F6N2O4+. The second-order valence-electron chi connectivity index (χ2n) is 7.30. The molecule has 0 unspecified atom stereocenters. The molecule has 0 radical (unpaired) electrons. The lowest BCUT2D eigenvalue weighted by Gasteiger charge is -2.27. The second-order valence-corrected chi connectivity index (χ2v) is 7.30. The fourth-order valence-corrected chi connectivity index (χ4v) is 3.44. The van der Waals surface area contributed by atoms with Gasteiger partial charge in [-0.3, -0.25) is 14.5 Å². The molecule has 0 saturated carbocycles. The van der Waals surface area contributed by atoms with E-state index in [1.165, 1.54) is 4.90 Å². The molecule has 2 aromatic rings. The van der Waals surface area contributed by atoms with Crippen LogP contribution in [-0.2, 0) is 4.79 Å². The molecule has 1 fully saturated rings. The number of benzene rings is 1. The first-order valence-electron chi connectivity index (χ1n) is 9.69. The minimum atomic E-state index is -5.41. The summed E-state index contributed by atoms with van der Waals surface area (Å²) in [5, 5.41) is 0. The van der Waals surface area contributed by atoms with Gasteiger partial charge in [-0.15, -0.1) is 0 Å². The number of anilines is 1. The standard InChI is InChI=1S/C21H17F6N2O4/c22-20(23,24)18(31)15-6-7-16(29(12-15)33-19(32)21(25,26)27)28-10-8-14(9-11-28)17(30)13-4-2-1-3-5-13/h1-7,12,14H,8-11H2/q+1. The maximum atomic E-state index is 12.7. The molecular weight excluding hydrogens is 458 g/mol. The molecule has 1 aliphatic rings. The number of piperidine rings is 1. The molecule has 1 aromatic heterocycles. The van der Waals surface area contributed by atoms with Crippen LogP contribution in [0.4, 0.5) is 32.2 Å². The van der Waals surface area contributed by atoms with Gasteiger partial charge in [-0.2, -0.15) is 26.3 Å².